The van der Waals surface area contributed by atoms with E-state index in [-0.39, 0.29) is 6.04 Å². The van der Waals surface area contributed by atoms with Gasteiger partial charge in [-0.3, -0.25) is 0 Å². The summed E-state index contributed by atoms with van der Waals surface area (Å²) in [5.41, 5.74) is 8.78. The van der Waals surface area contributed by atoms with Gasteiger partial charge in [0.1, 0.15) is 11.6 Å². The number of benzene rings is 1. The molecular weight excluding hydrogens is 248 g/mol. The maximum Gasteiger partial charge on any atom is 0.147 e. The van der Waals surface area contributed by atoms with Gasteiger partial charge in [0.05, 0.1) is 6.54 Å². The second-order valence-electron chi connectivity index (χ2n) is 5.83. The molecule has 0 fully saturated rings. The fraction of sp³-hybridized carbons (Fsp3) is 0.500. The molecule has 0 spiro atoms. The van der Waals surface area contributed by atoms with E-state index in [4.69, 9.17) is 5.73 Å². The van der Waals surface area contributed by atoms with Crippen molar-refractivity contribution in [3.05, 3.63) is 47.0 Å². The molecule has 4 nitrogen and oxygen atoms in total. The third-order valence-corrected chi connectivity index (χ3v) is 3.38. The van der Waals surface area contributed by atoms with Gasteiger partial charge in [-0.15, -0.1) is 0 Å². The van der Waals surface area contributed by atoms with Crippen molar-refractivity contribution in [3.8, 4) is 0 Å². The van der Waals surface area contributed by atoms with Crippen LogP contribution in [0.2, 0.25) is 0 Å². The summed E-state index contributed by atoms with van der Waals surface area (Å²) < 4.78 is 1.88. The SMILES string of the molecule is Cc1nc(C)n(CC(N)c2ccc(CC(C)C)cc2)n1. The van der Waals surface area contributed by atoms with Crippen LogP contribution in [0.3, 0.4) is 0 Å². The lowest BCUT2D eigenvalue weighted by molar-refractivity contribution is 0.513. The van der Waals surface area contributed by atoms with Crippen LogP contribution in [0, 0.1) is 19.8 Å². The van der Waals surface area contributed by atoms with Crippen LogP contribution in [-0.4, -0.2) is 14.8 Å². The molecule has 0 saturated carbocycles. The van der Waals surface area contributed by atoms with Gasteiger partial charge in [0.15, 0.2) is 0 Å². The summed E-state index contributed by atoms with van der Waals surface area (Å²) in [6.07, 6.45) is 1.11. The lowest BCUT2D eigenvalue weighted by Gasteiger charge is -2.14. The minimum atomic E-state index is -0.0529. The Morgan fingerprint density at radius 1 is 1.15 bits per heavy atom. The highest BCUT2D eigenvalue weighted by atomic mass is 15.3. The van der Waals surface area contributed by atoms with Gasteiger partial charge in [-0.25, -0.2) is 9.67 Å². The van der Waals surface area contributed by atoms with Gasteiger partial charge < -0.3 is 5.73 Å². The topological polar surface area (TPSA) is 56.7 Å². The van der Waals surface area contributed by atoms with Crippen LogP contribution in [0.5, 0.6) is 0 Å². The molecule has 4 heteroatoms. The van der Waals surface area contributed by atoms with Crippen LogP contribution in [0.25, 0.3) is 0 Å². The van der Waals surface area contributed by atoms with E-state index < -0.39 is 0 Å². The number of aromatic nitrogens is 3. The lowest BCUT2D eigenvalue weighted by Crippen LogP contribution is -2.19. The normalized spacial score (nSPS) is 12.9. The Hall–Kier alpha value is -1.68. The molecule has 1 atom stereocenters. The second-order valence-corrected chi connectivity index (χ2v) is 5.83. The standard InChI is InChI=1S/C16H24N4/c1-11(2)9-14-5-7-15(8-6-14)16(17)10-20-13(4)18-12(3)19-20/h5-8,11,16H,9-10,17H2,1-4H3. The van der Waals surface area contributed by atoms with Crippen molar-refractivity contribution in [2.75, 3.05) is 0 Å². The smallest absolute Gasteiger partial charge is 0.147 e. The van der Waals surface area contributed by atoms with Gasteiger partial charge in [0.25, 0.3) is 0 Å². The number of hydrogen-bond donors (Lipinski definition) is 1. The molecule has 0 aliphatic heterocycles. The summed E-state index contributed by atoms with van der Waals surface area (Å²) in [5.74, 6) is 2.38. The van der Waals surface area contributed by atoms with Gasteiger partial charge in [-0.1, -0.05) is 38.1 Å². The van der Waals surface area contributed by atoms with E-state index in [1.54, 1.807) is 0 Å². The van der Waals surface area contributed by atoms with Crippen LogP contribution in [0.4, 0.5) is 0 Å². The maximum absolute atomic E-state index is 6.27. The van der Waals surface area contributed by atoms with E-state index in [1.807, 2.05) is 18.5 Å². The number of aryl methyl sites for hydroxylation is 2. The first-order chi connectivity index (χ1) is 9.45. The molecule has 20 heavy (non-hydrogen) atoms. The predicted octanol–water partition coefficient (Wildman–Crippen LogP) is 2.79. The van der Waals surface area contributed by atoms with Gasteiger partial charge in [0.2, 0.25) is 0 Å². The minimum Gasteiger partial charge on any atom is -0.322 e. The van der Waals surface area contributed by atoms with Crippen LogP contribution in [-0.2, 0) is 13.0 Å². The van der Waals surface area contributed by atoms with Crippen LogP contribution in [0.1, 0.15) is 42.7 Å². The van der Waals surface area contributed by atoms with Crippen molar-refractivity contribution >= 4 is 0 Å². The molecule has 0 aliphatic carbocycles. The Bertz CT molecular complexity index is 554. The van der Waals surface area contributed by atoms with Gasteiger partial charge in [-0.2, -0.15) is 5.10 Å². The molecule has 2 aromatic rings. The Kier molecular flexibility index (Phi) is 4.55. The average Bonchev–Trinajstić information content (AvgIpc) is 2.68. The quantitative estimate of drug-likeness (QED) is 0.910. The minimum absolute atomic E-state index is 0.0529. The first kappa shape index (κ1) is 14.7. The summed E-state index contributed by atoms with van der Waals surface area (Å²) >= 11 is 0. The monoisotopic (exact) mass is 272 g/mol. The van der Waals surface area contributed by atoms with E-state index in [2.05, 4.69) is 48.2 Å². The van der Waals surface area contributed by atoms with Gasteiger partial charge in [0, 0.05) is 6.04 Å². The Morgan fingerprint density at radius 3 is 2.30 bits per heavy atom. The third kappa shape index (κ3) is 3.67. The van der Waals surface area contributed by atoms with Crippen molar-refractivity contribution in [2.45, 2.75) is 46.7 Å². The molecule has 0 saturated heterocycles. The van der Waals surface area contributed by atoms with Gasteiger partial charge >= 0.3 is 0 Å². The third-order valence-electron chi connectivity index (χ3n) is 3.38. The molecule has 1 aromatic heterocycles. The number of nitrogens with two attached hydrogens (primary N) is 1. The zero-order valence-corrected chi connectivity index (χ0v) is 12.8. The zero-order valence-electron chi connectivity index (χ0n) is 12.8. The van der Waals surface area contributed by atoms with Crippen molar-refractivity contribution in [3.63, 3.8) is 0 Å². The van der Waals surface area contributed by atoms with Crippen molar-refractivity contribution < 1.29 is 0 Å². The molecule has 1 unspecified atom stereocenters. The molecule has 0 bridgehead atoms. The van der Waals surface area contributed by atoms with E-state index in [1.165, 1.54) is 5.56 Å². The Labute approximate surface area is 121 Å². The first-order valence-corrected chi connectivity index (χ1v) is 7.18. The highest BCUT2D eigenvalue weighted by Gasteiger charge is 2.10. The summed E-state index contributed by atoms with van der Waals surface area (Å²) in [7, 11) is 0. The Morgan fingerprint density at radius 2 is 1.80 bits per heavy atom. The maximum atomic E-state index is 6.27. The van der Waals surface area contributed by atoms with Crippen LogP contribution >= 0.6 is 0 Å². The van der Waals surface area contributed by atoms with E-state index in [9.17, 15) is 0 Å². The molecular formula is C16H24N4. The van der Waals surface area contributed by atoms with E-state index >= 15 is 0 Å². The summed E-state index contributed by atoms with van der Waals surface area (Å²) in [4.78, 5) is 4.30. The summed E-state index contributed by atoms with van der Waals surface area (Å²) in [5, 5.41) is 4.36. The highest BCUT2D eigenvalue weighted by Crippen LogP contribution is 2.16. The zero-order chi connectivity index (χ0) is 14.7. The number of hydrogen-bond acceptors (Lipinski definition) is 3. The van der Waals surface area contributed by atoms with Crippen LogP contribution in [0.15, 0.2) is 24.3 Å². The predicted molar refractivity (Wildman–Crippen MR) is 81.4 cm³/mol. The molecule has 0 amide bonds. The largest absolute Gasteiger partial charge is 0.322 e. The molecule has 2 rings (SSSR count). The van der Waals surface area contributed by atoms with E-state index in [0.717, 1.165) is 23.6 Å². The first-order valence-electron chi connectivity index (χ1n) is 7.18. The van der Waals surface area contributed by atoms with Crippen molar-refractivity contribution in [1.29, 1.82) is 0 Å². The summed E-state index contributed by atoms with van der Waals surface area (Å²) in [6.45, 7) is 8.98. The lowest BCUT2D eigenvalue weighted by atomic mass is 10.00. The fourth-order valence-electron chi connectivity index (χ4n) is 2.40. The number of rotatable bonds is 5. The molecule has 1 heterocycles. The highest BCUT2D eigenvalue weighted by molar-refractivity contribution is 5.25. The van der Waals surface area contributed by atoms with Crippen molar-refractivity contribution in [1.82, 2.24) is 14.8 Å². The molecule has 0 aliphatic rings. The fourth-order valence-corrected chi connectivity index (χ4v) is 2.40. The van der Waals surface area contributed by atoms with Crippen molar-refractivity contribution in [2.24, 2.45) is 11.7 Å². The van der Waals surface area contributed by atoms with E-state index in [0.29, 0.717) is 12.5 Å². The second kappa shape index (κ2) is 6.18. The molecule has 0 radical (unpaired) electrons. The number of nitrogens with zero attached hydrogens (tertiary/aromatic N) is 3. The molecule has 108 valence electrons. The van der Waals surface area contributed by atoms with Gasteiger partial charge in [-0.05, 0) is 37.3 Å². The average molecular weight is 272 g/mol. The molecule has 1 aromatic carbocycles. The Balaban J connectivity index is 2.05. The summed E-state index contributed by atoms with van der Waals surface area (Å²) in [6, 6.07) is 8.55. The molecule has 2 N–H and O–H groups in total. The van der Waals surface area contributed by atoms with Crippen LogP contribution < -0.4 is 5.73 Å².